The summed E-state index contributed by atoms with van der Waals surface area (Å²) in [4.78, 5) is 25.7. The van der Waals surface area contributed by atoms with Gasteiger partial charge in [-0.2, -0.15) is 0 Å². The Morgan fingerprint density at radius 3 is 2.27 bits per heavy atom. The van der Waals surface area contributed by atoms with Gasteiger partial charge in [-0.1, -0.05) is 24.3 Å². The molecule has 282 valence electrons. The summed E-state index contributed by atoms with van der Waals surface area (Å²) >= 11 is 0. The Hall–Kier alpha value is -3.41. The molecular weight excluding hydrogens is 663 g/mol. The highest BCUT2D eigenvalue weighted by atomic mass is 19.1. The maximum absolute atomic E-state index is 16.1. The van der Waals surface area contributed by atoms with Gasteiger partial charge in [0.25, 0.3) is 0 Å². The Morgan fingerprint density at radius 2 is 1.63 bits per heavy atom. The molecule has 51 heavy (non-hydrogen) atoms. The third-order valence-electron chi connectivity index (χ3n) is 8.86. The smallest absolute Gasteiger partial charge is 0.332 e. The molecule has 1 aliphatic heterocycles. The Bertz CT molecular complexity index is 1510. The van der Waals surface area contributed by atoms with E-state index in [9.17, 15) is 9.59 Å². The fraction of sp³-hybridized carbons (Fsp3) is 0.600. The van der Waals surface area contributed by atoms with Crippen molar-refractivity contribution in [2.45, 2.75) is 116 Å². The van der Waals surface area contributed by atoms with Gasteiger partial charge in [-0.05, 0) is 109 Å². The third kappa shape index (κ3) is 11.8. The van der Waals surface area contributed by atoms with Gasteiger partial charge in [-0.25, -0.2) is 22.8 Å². The van der Waals surface area contributed by atoms with Crippen LogP contribution in [0.5, 0.6) is 5.75 Å². The third-order valence-corrected chi connectivity index (χ3v) is 8.86. The molecule has 8 nitrogen and oxygen atoms in total. The number of rotatable bonds is 18. The molecule has 1 heterocycles. The minimum absolute atomic E-state index is 0.0256. The normalized spacial score (nSPS) is 18.3. The molecular formula is C40H54F3NO7. The molecule has 0 radical (unpaired) electrons. The number of fused-ring (bicyclic) bond motifs is 2. The summed E-state index contributed by atoms with van der Waals surface area (Å²) in [5.41, 5.74) is 1.89. The number of benzene rings is 2. The molecule has 11 heteroatoms. The molecule has 2 aliphatic rings. The monoisotopic (exact) mass is 717 g/mol. The van der Waals surface area contributed by atoms with E-state index in [0.717, 1.165) is 22.3 Å². The van der Waals surface area contributed by atoms with Gasteiger partial charge in [-0.15, -0.1) is 0 Å². The van der Waals surface area contributed by atoms with Crippen molar-refractivity contribution in [2.75, 3.05) is 39.6 Å². The molecule has 3 atom stereocenters. The fourth-order valence-electron chi connectivity index (χ4n) is 6.89. The van der Waals surface area contributed by atoms with Crippen LogP contribution >= 0.6 is 0 Å². The number of alkyl halides is 1. The van der Waals surface area contributed by atoms with E-state index in [1.54, 1.807) is 27.7 Å². The number of nitrogens with zero attached hydrogens (tertiary/aromatic N) is 1. The molecule has 0 fully saturated rings. The lowest BCUT2D eigenvalue weighted by Gasteiger charge is -2.44. The highest BCUT2D eigenvalue weighted by Crippen LogP contribution is 2.50. The zero-order valence-corrected chi connectivity index (χ0v) is 31.1. The van der Waals surface area contributed by atoms with E-state index in [-0.39, 0.29) is 56.4 Å². The Labute approximate surface area is 300 Å². The Balaban J connectivity index is 1.42. The first-order chi connectivity index (χ1) is 24.1. The number of esters is 2. The van der Waals surface area contributed by atoms with Gasteiger partial charge >= 0.3 is 11.9 Å². The molecule has 2 unspecified atom stereocenters. The topological polar surface area (TPSA) is 83.5 Å². The molecule has 0 amide bonds. The summed E-state index contributed by atoms with van der Waals surface area (Å²) in [5, 5.41) is 0. The zero-order valence-electron chi connectivity index (χ0n) is 31.1. The lowest BCUT2D eigenvalue weighted by atomic mass is 9.84. The first-order valence-electron chi connectivity index (χ1n) is 18.0. The fourth-order valence-corrected chi connectivity index (χ4v) is 6.89. The minimum atomic E-state index is -1.57. The van der Waals surface area contributed by atoms with Crippen LogP contribution in [0, 0.1) is 11.6 Å². The van der Waals surface area contributed by atoms with Crippen molar-refractivity contribution in [3.8, 4) is 5.75 Å². The molecule has 0 aromatic heterocycles. The van der Waals surface area contributed by atoms with Gasteiger partial charge in [0.15, 0.2) is 0 Å². The van der Waals surface area contributed by atoms with E-state index in [1.165, 1.54) is 26.0 Å². The van der Waals surface area contributed by atoms with Crippen LogP contribution in [0.4, 0.5) is 13.2 Å². The highest BCUT2D eigenvalue weighted by molar-refractivity contribution is 5.79. The van der Waals surface area contributed by atoms with Gasteiger partial charge in [0, 0.05) is 36.9 Å². The van der Waals surface area contributed by atoms with Gasteiger partial charge in [0.05, 0.1) is 25.4 Å². The standard InChI is InChI=1S/C40H54F3NO7/c1-8-48-35(45)23-47-17-11-14-28(50-24-36(46)51-39(3,4)5)15-12-18-49-29-21-33(41)37(34(42)22-29)38-32-20-27-13-9-10-16-30(27)31(32)19-26(2)44(38)25-40(6,7)43/h9-10,13,16,21-22,26,28,38H,8,11-12,14-15,17-20,23-25H2,1-7H3/t26-,28?,38?/m1/s1. The first kappa shape index (κ1) is 40.4. The van der Waals surface area contributed by atoms with E-state index >= 15 is 13.2 Å². The number of carbonyl (C=O) groups is 2. The molecule has 4 rings (SSSR count). The molecule has 1 aliphatic carbocycles. The number of hydrogen-bond acceptors (Lipinski definition) is 8. The van der Waals surface area contributed by atoms with Crippen molar-refractivity contribution in [3.05, 3.63) is 70.3 Å². The summed E-state index contributed by atoms with van der Waals surface area (Å²) in [6.07, 6.45) is 2.95. The van der Waals surface area contributed by atoms with Gasteiger partial charge in [0.2, 0.25) is 0 Å². The molecule has 0 saturated carbocycles. The summed E-state index contributed by atoms with van der Waals surface area (Å²) in [7, 11) is 0. The number of ether oxygens (including phenoxy) is 5. The minimum Gasteiger partial charge on any atom is -0.493 e. The molecule has 2 aromatic rings. The second-order valence-electron chi connectivity index (χ2n) is 15.0. The molecule has 2 aromatic carbocycles. The van der Waals surface area contributed by atoms with E-state index < -0.39 is 40.9 Å². The summed E-state index contributed by atoms with van der Waals surface area (Å²) < 4.78 is 74.6. The summed E-state index contributed by atoms with van der Waals surface area (Å²) in [5.74, 6) is -2.35. The number of hydrogen-bond donors (Lipinski definition) is 0. The van der Waals surface area contributed by atoms with Crippen LogP contribution in [0.3, 0.4) is 0 Å². The molecule has 0 bridgehead atoms. The van der Waals surface area contributed by atoms with Crippen molar-refractivity contribution in [2.24, 2.45) is 0 Å². The summed E-state index contributed by atoms with van der Waals surface area (Å²) in [6, 6.07) is 9.53. The van der Waals surface area contributed by atoms with Crippen LogP contribution in [0.15, 0.2) is 42.0 Å². The number of carbonyl (C=O) groups excluding carboxylic acids is 2. The predicted octanol–water partition coefficient (Wildman–Crippen LogP) is 8.10. The average molecular weight is 718 g/mol. The highest BCUT2D eigenvalue weighted by Gasteiger charge is 2.43. The van der Waals surface area contributed by atoms with Crippen molar-refractivity contribution >= 4 is 17.5 Å². The Kier molecular flexibility index (Phi) is 14.2. The zero-order chi connectivity index (χ0) is 37.3. The summed E-state index contributed by atoms with van der Waals surface area (Å²) in [6.45, 7) is 12.4. The van der Waals surface area contributed by atoms with E-state index in [0.29, 0.717) is 45.1 Å². The van der Waals surface area contributed by atoms with E-state index in [2.05, 4.69) is 0 Å². The lowest BCUT2D eigenvalue weighted by Crippen LogP contribution is -2.47. The van der Waals surface area contributed by atoms with Crippen molar-refractivity contribution in [1.82, 2.24) is 4.90 Å². The van der Waals surface area contributed by atoms with Crippen molar-refractivity contribution < 1.29 is 46.4 Å². The van der Waals surface area contributed by atoms with Gasteiger partial charge < -0.3 is 23.7 Å². The van der Waals surface area contributed by atoms with Crippen LogP contribution in [0.1, 0.15) is 103 Å². The van der Waals surface area contributed by atoms with E-state index in [4.69, 9.17) is 23.7 Å². The van der Waals surface area contributed by atoms with Crippen LogP contribution < -0.4 is 4.74 Å². The number of halogens is 3. The Morgan fingerprint density at radius 1 is 0.961 bits per heavy atom. The second-order valence-corrected chi connectivity index (χ2v) is 15.0. The first-order valence-corrected chi connectivity index (χ1v) is 18.0. The molecule has 0 saturated heterocycles. The predicted molar refractivity (Wildman–Crippen MR) is 189 cm³/mol. The lowest BCUT2D eigenvalue weighted by molar-refractivity contribution is -0.162. The van der Waals surface area contributed by atoms with Crippen LogP contribution in [0.25, 0.3) is 5.57 Å². The maximum atomic E-state index is 16.1. The van der Waals surface area contributed by atoms with Gasteiger partial charge in [0.1, 0.15) is 41.9 Å². The SMILES string of the molecule is CCOC(=O)COCCCC(CCCOc1cc(F)c(C2C3=C(C[C@@H](C)N2CC(C)(C)F)c2ccccc2C3)c(F)c1)OCC(=O)OC(C)(C)C. The van der Waals surface area contributed by atoms with Crippen LogP contribution in [0.2, 0.25) is 0 Å². The van der Waals surface area contributed by atoms with Crippen molar-refractivity contribution in [3.63, 3.8) is 0 Å². The largest absolute Gasteiger partial charge is 0.493 e. The van der Waals surface area contributed by atoms with E-state index in [1.807, 2.05) is 36.1 Å². The maximum Gasteiger partial charge on any atom is 0.332 e. The van der Waals surface area contributed by atoms with Crippen molar-refractivity contribution in [1.29, 1.82) is 0 Å². The van der Waals surface area contributed by atoms with Crippen LogP contribution in [-0.4, -0.2) is 79.8 Å². The second kappa shape index (κ2) is 17.9. The average Bonchev–Trinajstić information content (AvgIpc) is 3.39. The molecule has 0 N–H and O–H groups in total. The molecule has 0 spiro atoms. The van der Waals surface area contributed by atoms with Crippen LogP contribution in [-0.2, 0) is 35.0 Å². The van der Waals surface area contributed by atoms with Gasteiger partial charge in [-0.3, -0.25) is 4.90 Å². The quantitative estimate of drug-likeness (QED) is 0.113.